The summed E-state index contributed by atoms with van der Waals surface area (Å²) in [4.78, 5) is 18.2. The molecule has 0 spiro atoms. The highest BCUT2D eigenvalue weighted by Gasteiger charge is 2.25. The number of piperidine rings is 1. The van der Waals surface area contributed by atoms with Gasteiger partial charge in [0.25, 0.3) is 5.91 Å². The van der Waals surface area contributed by atoms with Crippen LogP contribution in [0, 0.1) is 5.92 Å². The molecule has 7 heteroatoms. The molecule has 0 aromatic carbocycles. The van der Waals surface area contributed by atoms with E-state index in [1.54, 1.807) is 12.4 Å². The number of hydrogen-bond acceptors (Lipinski definition) is 3. The molecule has 0 bridgehead atoms. The van der Waals surface area contributed by atoms with E-state index in [0.717, 1.165) is 30.4 Å². The molecular formula is C13H20BrCl2N3O. The molecule has 4 nitrogen and oxygen atoms in total. The Balaban J connectivity index is 0.00000180. The van der Waals surface area contributed by atoms with Crippen LogP contribution in [0.2, 0.25) is 0 Å². The predicted octanol–water partition coefficient (Wildman–Crippen LogP) is 2.89. The van der Waals surface area contributed by atoms with Gasteiger partial charge in [-0.15, -0.1) is 24.8 Å². The molecule has 1 aliphatic rings. The van der Waals surface area contributed by atoms with Gasteiger partial charge in [0.1, 0.15) is 0 Å². The second kappa shape index (κ2) is 8.82. The third-order valence-electron chi connectivity index (χ3n) is 3.52. The fourth-order valence-electron chi connectivity index (χ4n) is 2.34. The molecule has 1 atom stereocenters. The van der Waals surface area contributed by atoms with E-state index in [0.29, 0.717) is 11.5 Å². The van der Waals surface area contributed by atoms with Crippen molar-refractivity contribution in [2.75, 3.05) is 13.1 Å². The monoisotopic (exact) mass is 383 g/mol. The maximum atomic E-state index is 12.3. The van der Waals surface area contributed by atoms with Gasteiger partial charge in [-0.1, -0.05) is 0 Å². The Kier molecular flexibility index (Phi) is 8.66. The van der Waals surface area contributed by atoms with Crippen LogP contribution in [0.1, 0.15) is 30.1 Å². The third kappa shape index (κ3) is 4.88. The Hall–Kier alpha value is -0.360. The van der Waals surface area contributed by atoms with Gasteiger partial charge in [-0.05, 0) is 47.7 Å². The number of amides is 1. The maximum absolute atomic E-state index is 12.3. The predicted molar refractivity (Wildman–Crippen MR) is 88.7 cm³/mol. The number of carbonyl (C=O) groups is 1. The van der Waals surface area contributed by atoms with Crippen LogP contribution in [0.15, 0.2) is 22.9 Å². The van der Waals surface area contributed by atoms with Gasteiger partial charge in [-0.2, -0.15) is 0 Å². The Bertz CT molecular complexity index is 437. The smallest absolute Gasteiger partial charge is 0.255 e. The van der Waals surface area contributed by atoms with Gasteiger partial charge in [0.2, 0.25) is 0 Å². The molecule has 1 amide bonds. The number of pyridine rings is 1. The van der Waals surface area contributed by atoms with Crippen molar-refractivity contribution in [3.05, 3.63) is 28.5 Å². The lowest BCUT2D eigenvalue weighted by Gasteiger charge is -2.33. The number of carbonyl (C=O) groups excluding carboxylic acids is 1. The lowest BCUT2D eigenvalue weighted by Crippen LogP contribution is -2.42. The van der Waals surface area contributed by atoms with Gasteiger partial charge in [0.05, 0.1) is 5.56 Å². The van der Waals surface area contributed by atoms with Crippen molar-refractivity contribution in [2.24, 2.45) is 11.7 Å². The lowest BCUT2D eigenvalue weighted by molar-refractivity contribution is 0.0680. The molecule has 114 valence electrons. The molecule has 0 saturated carbocycles. The number of aromatic nitrogens is 1. The zero-order valence-electron chi connectivity index (χ0n) is 11.3. The number of halogens is 3. The standard InChI is InChI=1S/C13H18BrN3O.2ClH/c1-9(15)10-2-4-17(5-3-10)13(18)11-6-12(14)8-16-7-11;;/h6-10H,2-5,15H2,1H3;2*1H. The largest absolute Gasteiger partial charge is 0.339 e. The molecule has 20 heavy (non-hydrogen) atoms. The topological polar surface area (TPSA) is 59.2 Å². The molecule has 1 aliphatic heterocycles. The normalized spacial score (nSPS) is 16.9. The Morgan fingerprint density at radius 1 is 1.40 bits per heavy atom. The van der Waals surface area contributed by atoms with Gasteiger partial charge in [-0.3, -0.25) is 9.78 Å². The highest BCUT2D eigenvalue weighted by atomic mass is 79.9. The number of likely N-dealkylation sites (tertiary alicyclic amines) is 1. The molecule has 1 unspecified atom stereocenters. The first kappa shape index (κ1) is 19.6. The second-order valence-corrected chi connectivity index (χ2v) is 5.80. The number of nitrogens with two attached hydrogens (primary N) is 1. The van der Waals surface area contributed by atoms with Crippen molar-refractivity contribution in [1.29, 1.82) is 0 Å². The fourth-order valence-corrected chi connectivity index (χ4v) is 2.70. The van der Waals surface area contributed by atoms with Crippen LogP contribution in [-0.4, -0.2) is 34.9 Å². The number of rotatable bonds is 2. The van der Waals surface area contributed by atoms with Gasteiger partial charge in [-0.25, -0.2) is 0 Å². The molecule has 0 radical (unpaired) electrons. The first-order valence-corrected chi connectivity index (χ1v) is 7.02. The van der Waals surface area contributed by atoms with Crippen molar-refractivity contribution >= 4 is 46.7 Å². The first-order chi connectivity index (χ1) is 8.58. The zero-order chi connectivity index (χ0) is 13.1. The van der Waals surface area contributed by atoms with E-state index in [1.165, 1.54) is 0 Å². The van der Waals surface area contributed by atoms with Crippen molar-refractivity contribution in [2.45, 2.75) is 25.8 Å². The Morgan fingerprint density at radius 3 is 2.50 bits per heavy atom. The first-order valence-electron chi connectivity index (χ1n) is 6.23. The van der Waals surface area contributed by atoms with E-state index in [2.05, 4.69) is 20.9 Å². The number of nitrogens with zero attached hydrogens (tertiary/aromatic N) is 2. The average molecular weight is 385 g/mol. The van der Waals surface area contributed by atoms with E-state index >= 15 is 0 Å². The zero-order valence-corrected chi connectivity index (χ0v) is 14.5. The average Bonchev–Trinajstić information content (AvgIpc) is 2.38. The molecule has 1 saturated heterocycles. The van der Waals surface area contributed by atoms with Crippen LogP contribution < -0.4 is 5.73 Å². The van der Waals surface area contributed by atoms with Crippen LogP contribution in [-0.2, 0) is 0 Å². The fraction of sp³-hybridized carbons (Fsp3) is 0.538. The van der Waals surface area contributed by atoms with E-state index in [4.69, 9.17) is 5.73 Å². The summed E-state index contributed by atoms with van der Waals surface area (Å²) in [6, 6.07) is 2.03. The van der Waals surface area contributed by atoms with E-state index < -0.39 is 0 Å². The molecule has 0 aliphatic carbocycles. The summed E-state index contributed by atoms with van der Waals surface area (Å²) < 4.78 is 0.832. The van der Waals surface area contributed by atoms with E-state index in [9.17, 15) is 4.79 Å². The van der Waals surface area contributed by atoms with Gasteiger partial charge in [0.15, 0.2) is 0 Å². The maximum Gasteiger partial charge on any atom is 0.255 e. The van der Waals surface area contributed by atoms with E-state index in [1.807, 2.05) is 17.9 Å². The summed E-state index contributed by atoms with van der Waals surface area (Å²) in [5.74, 6) is 0.599. The van der Waals surface area contributed by atoms with Crippen molar-refractivity contribution in [3.63, 3.8) is 0 Å². The minimum atomic E-state index is 0. The summed E-state index contributed by atoms with van der Waals surface area (Å²) in [5, 5.41) is 0. The summed E-state index contributed by atoms with van der Waals surface area (Å²) in [7, 11) is 0. The molecule has 2 heterocycles. The molecular weight excluding hydrogens is 365 g/mol. The highest BCUT2D eigenvalue weighted by molar-refractivity contribution is 9.10. The Labute approximate surface area is 140 Å². The lowest BCUT2D eigenvalue weighted by atomic mass is 9.91. The highest BCUT2D eigenvalue weighted by Crippen LogP contribution is 2.21. The van der Waals surface area contributed by atoms with Crippen LogP contribution in [0.5, 0.6) is 0 Å². The van der Waals surface area contributed by atoms with Crippen LogP contribution in [0.25, 0.3) is 0 Å². The van der Waals surface area contributed by atoms with E-state index in [-0.39, 0.29) is 36.8 Å². The molecule has 1 aromatic heterocycles. The van der Waals surface area contributed by atoms with Crippen LogP contribution >= 0.6 is 40.7 Å². The van der Waals surface area contributed by atoms with Crippen LogP contribution in [0.4, 0.5) is 0 Å². The van der Waals surface area contributed by atoms with Gasteiger partial charge >= 0.3 is 0 Å². The van der Waals surface area contributed by atoms with Gasteiger partial charge < -0.3 is 10.6 Å². The Morgan fingerprint density at radius 2 is 2.00 bits per heavy atom. The number of hydrogen-bond donors (Lipinski definition) is 1. The second-order valence-electron chi connectivity index (χ2n) is 4.88. The third-order valence-corrected chi connectivity index (χ3v) is 3.96. The van der Waals surface area contributed by atoms with Crippen LogP contribution in [0.3, 0.4) is 0 Å². The summed E-state index contributed by atoms with van der Waals surface area (Å²) in [6.07, 6.45) is 5.28. The van der Waals surface area contributed by atoms with Crippen molar-refractivity contribution in [1.82, 2.24) is 9.88 Å². The minimum Gasteiger partial charge on any atom is -0.339 e. The molecule has 1 aromatic rings. The summed E-state index contributed by atoms with van der Waals surface area (Å²) in [6.45, 7) is 3.62. The quantitative estimate of drug-likeness (QED) is 0.852. The molecule has 2 N–H and O–H groups in total. The molecule has 1 fully saturated rings. The SMILES string of the molecule is CC(N)C1CCN(C(=O)c2cncc(Br)c2)CC1.Cl.Cl. The molecule has 2 rings (SSSR count). The summed E-state index contributed by atoms with van der Waals surface area (Å²) >= 11 is 3.33. The summed E-state index contributed by atoms with van der Waals surface area (Å²) in [5.41, 5.74) is 6.54. The van der Waals surface area contributed by atoms with Gasteiger partial charge in [0, 0.05) is 36.0 Å². The van der Waals surface area contributed by atoms with Crippen molar-refractivity contribution < 1.29 is 4.79 Å². The minimum absolute atomic E-state index is 0. The van der Waals surface area contributed by atoms with Crippen molar-refractivity contribution in [3.8, 4) is 0 Å².